The zero-order valence-corrected chi connectivity index (χ0v) is 11.6. The van der Waals surface area contributed by atoms with Crippen LogP contribution in [0.25, 0.3) is 0 Å². The van der Waals surface area contributed by atoms with Crippen LogP contribution in [0, 0.1) is 5.92 Å². The average molecular weight is 242 g/mol. The maximum atomic E-state index is 5.69. The van der Waals surface area contributed by atoms with Crippen LogP contribution in [0.4, 0.5) is 0 Å². The van der Waals surface area contributed by atoms with E-state index < -0.39 is 0 Å². The van der Waals surface area contributed by atoms with Crippen molar-refractivity contribution in [3.05, 3.63) is 0 Å². The van der Waals surface area contributed by atoms with E-state index in [0.717, 1.165) is 25.0 Å². The van der Waals surface area contributed by atoms with Crippen LogP contribution >= 0.6 is 12.2 Å². The molecule has 0 aromatic carbocycles. The van der Waals surface area contributed by atoms with E-state index in [-0.39, 0.29) is 0 Å². The molecule has 0 saturated heterocycles. The van der Waals surface area contributed by atoms with E-state index in [4.69, 9.17) is 18.0 Å². The highest BCUT2D eigenvalue weighted by atomic mass is 32.1. The van der Waals surface area contributed by atoms with Crippen molar-refractivity contribution >= 4 is 17.2 Å². The Labute approximate surface area is 106 Å². The van der Waals surface area contributed by atoms with Gasteiger partial charge in [-0.15, -0.1) is 0 Å². The van der Waals surface area contributed by atoms with Crippen LogP contribution in [0.3, 0.4) is 0 Å². The highest BCUT2D eigenvalue weighted by Crippen LogP contribution is 2.29. The lowest BCUT2D eigenvalue weighted by Crippen LogP contribution is -2.43. The summed E-state index contributed by atoms with van der Waals surface area (Å²) in [5, 5.41) is 0. The second kappa shape index (κ2) is 7.23. The summed E-state index contributed by atoms with van der Waals surface area (Å²) in [4.78, 5) is 3.15. The molecule has 0 bridgehead atoms. The number of rotatable bonds is 6. The second-order valence-electron chi connectivity index (χ2n) is 5.03. The first-order chi connectivity index (χ1) is 7.67. The molecule has 0 spiro atoms. The minimum atomic E-state index is 0.645. The van der Waals surface area contributed by atoms with Crippen molar-refractivity contribution in [1.82, 2.24) is 4.90 Å². The number of thiocarbonyl (C=S) groups is 1. The highest BCUT2D eigenvalue weighted by Gasteiger charge is 2.25. The van der Waals surface area contributed by atoms with Crippen LogP contribution < -0.4 is 5.73 Å². The Balaban J connectivity index is 2.51. The molecule has 1 fully saturated rings. The minimum Gasteiger partial charge on any atom is -0.392 e. The van der Waals surface area contributed by atoms with Gasteiger partial charge in [-0.1, -0.05) is 45.3 Å². The van der Waals surface area contributed by atoms with Gasteiger partial charge < -0.3 is 5.73 Å². The molecule has 1 aliphatic carbocycles. The molecule has 2 atom stereocenters. The van der Waals surface area contributed by atoms with E-state index >= 15 is 0 Å². The number of nitrogens with zero attached hydrogens (tertiary/aromatic N) is 1. The summed E-state index contributed by atoms with van der Waals surface area (Å²) in [5.74, 6) is 0.921. The van der Waals surface area contributed by atoms with Gasteiger partial charge in [-0.3, -0.25) is 4.90 Å². The number of nitrogens with two attached hydrogens (primary N) is 1. The van der Waals surface area contributed by atoms with Crippen molar-refractivity contribution in [2.45, 2.75) is 58.4 Å². The summed E-state index contributed by atoms with van der Waals surface area (Å²) in [5.41, 5.74) is 5.69. The lowest BCUT2D eigenvalue weighted by Gasteiger charge is -2.37. The van der Waals surface area contributed by atoms with Crippen LogP contribution in [0.2, 0.25) is 0 Å². The summed E-state index contributed by atoms with van der Waals surface area (Å²) in [6.07, 6.45) is 7.98. The van der Waals surface area contributed by atoms with Gasteiger partial charge in [0.15, 0.2) is 0 Å². The van der Waals surface area contributed by atoms with Crippen molar-refractivity contribution in [2.24, 2.45) is 11.7 Å². The minimum absolute atomic E-state index is 0.645. The Morgan fingerprint density at radius 2 is 2.12 bits per heavy atom. The van der Waals surface area contributed by atoms with Gasteiger partial charge >= 0.3 is 0 Å². The van der Waals surface area contributed by atoms with Gasteiger partial charge in [0.1, 0.15) is 0 Å². The predicted octanol–water partition coefficient (Wildman–Crippen LogP) is 2.95. The van der Waals surface area contributed by atoms with Crippen molar-refractivity contribution in [2.75, 3.05) is 13.1 Å². The smallest absolute Gasteiger partial charge is 0.0870 e. The molecule has 16 heavy (non-hydrogen) atoms. The van der Waals surface area contributed by atoms with Crippen LogP contribution in [-0.4, -0.2) is 29.0 Å². The topological polar surface area (TPSA) is 29.3 Å². The van der Waals surface area contributed by atoms with E-state index in [0.29, 0.717) is 4.99 Å². The first kappa shape index (κ1) is 13.9. The Morgan fingerprint density at radius 3 is 2.69 bits per heavy atom. The Morgan fingerprint density at radius 1 is 1.38 bits per heavy atom. The maximum absolute atomic E-state index is 5.69. The highest BCUT2D eigenvalue weighted by molar-refractivity contribution is 7.80. The van der Waals surface area contributed by atoms with Crippen molar-refractivity contribution in [3.63, 3.8) is 0 Å². The van der Waals surface area contributed by atoms with Crippen molar-refractivity contribution in [1.29, 1.82) is 0 Å². The van der Waals surface area contributed by atoms with E-state index in [1.54, 1.807) is 0 Å². The third-order valence-corrected chi connectivity index (χ3v) is 3.85. The Kier molecular flexibility index (Phi) is 6.29. The molecule has 1 saturated carbocycles. The lowest BCUT2D eigenvalue weighted by atomic mass is 9.83. The SMILES string of the molecule is CCCN(CC(N)=S)C1CCCC(CC)C1. The fourth-order valence-corrected chi connectivity index (χ4v) is 3.01. The Bertz CT molecular complexity index is 218. The molecule has 2 N–H and O–H groups in total. The van der Waals surface area contributed by atoms with Gasteiger partial charge in [0.2, 0.25) is 0 Å². The zero-order chi connectivity index (χ0) is 12.0. The van der Waals surface area contributed by atoms with Gasteiger partial charge in [-0.05, 0) is 31.7 Å². The van der Waals surface area contributed by atoms with Crippen LogP contribution in [0.15, 0.2) is 0 Å². The first-order valence-electron chi connectivity index (χ1n) is 6.69. The molecule has 0 amide bonds. The summed E-state index contributed by atoms with van der Waals surface area (Å²) in [7, 11) is 0. The van der Waals surface area contributed by atoms with Crippen LogP contribution in [0.1, 0.15) is 52.4 Å². The van der Waals surface area contributed by atoms with Gasteiger partial charge in [0.05, 0.1) is 4.99 Å². The summed E-state index contributed by atoms with van der Waals surface area (Å²) >= 11 is 5.05. The van der Waals surface area contributed by atoms with E-state index in [2.05, 4.69) is 18.7 Å². The molecule has 1 rings (SSSR count). The third kappa shape index (κ3) is 4.38. The fraction of sp³-hybridized carbons (Fsp3) is 0.923. The van der Waals surface area contributed by atoms with Crippen molar-refractivity contribution < 1.29 is 0 Å². The molecule has 0 aliphatic heterocycles. The molecule has 0 aromatic rings. The molecule has 0 aromatic heterocycles. The molecular weight excluding hydrogens is 216 g/mol. The Hall–Kier alpha value is -0.150. The molecule has 0 heterocycles. The largest absolute Gasteiger partial charge is 0.392 e. The first-order valence-corrected chi connectivity index (χ1v) is 7.10. The predicted molar refractivity (Wildman–Crippen MR) is 74.7 cm³/mol. The molecule has 2 unspecified atom stereocenters. The molecule has 2 nitrogen and oxygen atoms in total. The lowest BCUT2D eigenvalue weighted by molar-refractivity contribution is 0.145. The van der Waals surface area contributed by atoms with E-state index in [1.165, 1.54) is 38.5 Å². The summed E-state index contributed by atoms with van der Waals surface area (Å²) in [6, 6.07) is 0.722. The number of hydrogen-bond donors (Lipinski definition) is 1. The standard InChI is InChI=1S/C13H26N2S/c1-3-8-15(10-13(14)16)12-7-5-6-11(4-2)9-12/h11-12H,3-10H2,1-2H3,(H2,14,16). The second-order valence-corrected chi connectivity index (χ2v) is 5.56. The fourth-order valence-electron chi connectivity index (χ4n) is 2.84. The van der Waals surface area contributed by atoms with Gasteiger partial charge in [0.25, 0.3) is 0 Å². The van der Waals surface area contributed by atoms with Gasteiger partial charge in [-0.2, -0.15) is 0 Å². The van der Waals surface area contributed by atoms with Crippen molar-refractivity contribution in [3.8, 4) is 0 Å². The summed E-state index contributed by atoms with van der Waals surface area (Å²) < 4.78 is 0. The third-order valence-electron chi connectivity index (χ3n) is 3.72. The summed E-state index contributed by atoms with van der Waals surface area (Å²) in [6.45, 7) is 6.49. The molecular formula is C13H26N2S. The monoisotopic (exact) mass is 242 g/mol. The molecule has 0 radical (unpaired) electrons. The van der Waals surface area contributed by atoms with E-state index in [1.807, 2.05) is 0 Å². The maximum Gasteiger partial charge on any atom is 0.0870 e. The van der Waals surface area contributed by atoms with Gasteiger partial charge in [-0.25, -0.2) is 0 Å². The number of hydrogen-bond acceptors (Lipinski definition) is 2. The van der Waals surface area contributed by atoms with E-state index in [9.17, 15) is 0 Å². The van der Waals surface area contributed by atoms with Crippen LogP contribution in [0.5, 0.6) is 0 Å². The zero-order valence-electron chi connectivity index (χ0n) is 10.7. The molecule has 1 aliphatic rings. The normalized spacial score (nSPS) is 25.9. The molecule has 3 heteroatoms. The molecule has 94 valence electrons. The average Bonchev–Trinajstić information content (AvgIpc) is 2.28. The quantitative estimate of drug-likeness (QED) is 0.726. The van der Waals surface area contributed by atoms with Crippen LogP contribution in [-0.2, 0) is 0 Å². The van der Waals surface area contributed by atoms with Gasteiger partial charge in [0, 0.05) is 12.6 Å².